The molecular formula is C17H15Cl2F3O3. The van der Waals surface area contributed by atoms with Gasteiger partial charge in [0.1, 0.15) is 11.5 Å². The smallest absolute Gasteiger partial charge is 0.508 e. The van der Waals surface area contributed by atoms with Crippen molar-refractivity contribution in [1.82, 2.24) is 0 Å². The molecule has 0 aliphatic rings. The number of phenolic OH excluding ortho intramolecular Hbond substituents is 1. The van der Waals surface area contributed by atoms with E-state index in [-0.39, 0.29) is 21.5 Å². The third-order valence-electron chi connectivity index (χ3n) is 3.25. The van der Waals surface area contributed by atoms with E-state index in [0.717, 1.165) is 12.0 Å². The Morgan fingerprint density at radius 3 is 2.12 bits per heavy atom. The van der Waals surface area contributed by atoms with Crippen LogP contribution >= 0.6 is 23.2 Å². The summed E-state index contributed by atoms with van der Waals surface area (Å²) < 4.78 is 45.6. The standard InChI is InChI=1S/C17H15Cl2F3O3/c18-14-9-12(23)10-15(19)16(14)24-8-2-1-3-11-4-6-13(7-5-11)25-17(20,21)22/h4-7,9-10,23H,1-3,8H2. The van der Waals surface area contributed by atoms with Crippen LogP contribution in [0.5, 0.6) is 17.2 Å². The zero-order chi connectivity index (χ0) is 18.4. The predicted molar refractivity (Wildman–Crippen MR) is 89.7 cm³/mol. The highest BCUT2D eigenvalue weighted by atomic mass is 35.5. The minimum Gasteiger partial charge on any atom is -0.508 e. The second-order valence-electron chi connectivity index (χ2n) is 5.24. The minimum atomic E-state index is -4.68. The summed E-state index contributed by atoms with van der Waals surface area (Å²) in [5.74, 6) is 0.0336. The van der Waals surface area contributed by atoms with Gasteiger partial charge in [-0.15, -0.1) is 13.2 Å². The van der Waals surface area contributed by atoms with Gasteiger partial charge in [0.05, 0.1) is 16.7 Å². The number of unbranched alkanes of at least 4 members (excludes halogenated alkanes) is 1. The van der Waals surface area contributed by atoms with E-state index in [9.17, 15) is 18.3 Å². The van der Waals surface area contributed by atoms with Crippen LogP contribution in [-0.2, 0) is 6.42 Å². The van der Waals surface area contributed by atoms with Gasteiger partial charge in [-0.25, -0.2) is 0 Å². The highest BCUT2D eigenvalue weighted by Gasteiger charge is 2.30. The number of hydrogen-bond acceptors (Lipinski definition) is 3. The average Bonchev–Trinajstić information content (AvgIpc) is 2.49. The lowest BCUT2D eigenvalue weighted by atomic mass is 10.1. The van der Waals surface area contributed by atoms with E-state index < -0.39 is 6.36 Å². The Hall–Kier alpha value is -1.79. The zero-order valence-corrected chi connectivity index (χ0v) is 14.5. The summed E-state index contributed by atoms with van der Waals surface area (Å²) in [4.78, 5) is 0. The normalized spacial score (nSPS) is 11.4. The van der Waals surface area contributed by atoms with Crippen LogP contribution in [-0.4, -0.2) is 18.1 Å². The predicted octanol–water partition coefficient (Wildman–Crippen LogP) is 6.00. The SMILES string of the molecule is Oc1cc(Cl)c(OCCCCc2ccc(OC(F)(F)F)cc2)c(Cl)c1. The molecule has 3 nitrogen and oxygen atoms in total. The summed E-state index contributed by atoms with van der Waals surface area (Å²) in [5, 5.41) is 9.79. The largest absolute Gasteiger partial charge is 0.573 e. The van der Waals surface area contributed by atoms with E-state index in [4.69, 9.17) is 27.9 Å². The lowest BCUT2D eigenvalue weighted by molar-refractivity contribution is -0.274. The first-order valence-electron chi connectivity index (χ1n) is 7.40. The Balaban J connectivity index is 1.75. The monoisotopic (exact) mass is 394 g/mol. The topological polar surface area (TPSA) is 38.7 Å². The Morgan fingerprint density at radius 1 is 0.960 bits per heavy atom. The molecule has 0 radical (unpaired) electrons. The van der Waals surface area contributed by atoms with Crippen molar-refractivity contribution in [2.45, 2.75) is 25.6 Å². The van der Waals surface area contributed by atoms with Crippen molar-refractivity contribution in [3.05, 3.63) is 52.0 Å². The molecule has 0 fully saturated rings. The van der Waals surface area contributed by atoms with E-state index in [2.05, 4.69) is 4.74 Å². The van der Waals surface area contributed by atoms with Crippen molar-refractivity contribution in [3.8, 4) is 17.2 Å². The van der Waals surface area contributed by atoms with Crippen LogP contribution in [0.4, 0.5) is 13.2 Å². The van der Waals surface area contributed by atoms with Crippen LogP contribution < -0.4 is 9.47 Å². The number of aromatic hydroxyl groups is 1. The fourth-order valence-electron chi connectivity index (χ4n) is 2.15. The van der Waals surface area contributed by atoms with Gasteiger partial charge >= 0.3 is 6.36 Å². The summed E-state index contributed by atoms with van der Waals surface area (Å²) in [6, 6.07) is 8.44. The third-order valence-corrected chi connectivity index (χ3v) is 3.81. The zero-order valence-electron chi connectivity index (χ0n) is 12.9. The van der Waals surface area contributed by atoms with Crippen molar-refractivity contribution in [3.63, 3.8) is 0 Å². The molecule has 0 atom stereocenters. The van der Waals surface area contributed by atoms with Crippen molar-refractivity contribution in [1.29, 1.82) is 0 Å². The maximum absolute atomic E-state index is 12.1. The number of benzene rings is 2. The molecule has 0 amide bonds. The van der Waals surface area contributed by atoms with Crippen molar-refractivity contribution in [2.24, 2.45) is 0 Å². The maximum Gasteiger partial charge on any atom is 0.573 e. The van der Waals surface area contributed by atoms with Gasteiger partial charge in [0.2, 0.25) is 0 Å². The molecule has 2 aromatic carbocycles. The third kappa shape index (κ3) is 6.55. The van der Waals surface area contributed by atoms with Crippen molar-refractivity contribution in [2.75, 3.05) is 6.61 Å². The van der Waals surface area contributed by atoms with Gasteiger partial charge in [-0.3, -0.25) is 0 Å². The highest BCUT2D eigenvalue weighted by Crippen LogP contribution is 2.36. The summed E-state index contributed by atoms with van der Waals surface area (Å²) in [6.07, 6.45) is -2.52. The van der Waals surface area contributed by atoms with Crippen LogP contribution in [0.2, 0.25) is 10.0 Å². The molecule has 2 aromatic rings. The van der Waals surface area contributed by atoms with Gasteiger partial charge < -0.3 is 14.6 Å². The number of ether oxygens (including phenoxy) is 2. The minimum absolute atomic E-state index is 0.0414. The number of hydrogen-bond donors (Lipinski definition) is 1. The maximum atomic E-state index is 12.1. The molecule has 0 heterocycles. The number of aryl methyl sites for hydroxylation is 1. The van der Waals surface area contributed by atoms with E-state index in [0.29, 0.717) is 25.2 Å². The molecule has 136 valence electrons. The van der Waals surface area contributed by atoms with Gasteiger partial charge in [-0.05, 0) is 37.0 Å². The van der Waals surface area contributed by atoms with E-state index in [1.807, 2.05) is 0 Å². The highest BCUT2D eigenvalue weighted by molar-refractivity contribution is 6.37. The molecule has 25 heavy (non-hydrogen) atoms. The van der Waals surface area contributed by atoms with Gasteiger partial charge in [-0.2, -0.15) is 0 Å². The van der Waals surface area contributed by atoms with Crippen LogP contribution in [0.3, 0.4) is 0 Å². The first-order valence-corrected chi connectivity index (χ1v) is 8.16. The van der Waals surface area contributed by atoms with Crippen LogP contribution in [0.25, 0.3) is 0 Å². The van der Waals surface area contributed by atoms with Crippen LogP contribution in [0.1, 0.15) is 18.4 Å². The average molecular weight is 395 g/mol. The van der Waals surface area contributed by atoms with Crippen LogP contribution in [0.15, 0.2) is 36.4 Å². The van der Waals surface area contributed by atoms with Gasteiger partial charge in [0.25, 0.3) is 0 Å². The van der Waals surface area contributed by atoms with Crippen molar-refractivity contribution >= 4 is 23.2 Å². The molecule has 2 rings (SSSR count). The molecule has 0 spiro atoms. The Morgan fingerprint density at radius 2 is 1.56 bits per heavy atom. The van der Waals surface area contributed by atoms with E-state index >= 15 is 0 Å². The fourth-order valence-corrected chi connectivity index (χ4v) is 2.73. The van der Waals surface area contributed by atoms with Crippen LogP contribution in [0, 0.1) is 0 Å². The number of rotatable bonds is 7. The summed E-state index contributed by atoms with van der Waals surface area (Å²) in [7, 11) is 0. The molecule has 0 saturated heterocycles. The van der Waals surface area contributed by atoms with Gasteiger partial charge in [0, 0.05) is 12.1 Å². The lowest BCUT2D eigenvalue weighted by Crippen LogP contribution is -2.17. The number of phenols is 1. The summed E-state index contributed by atoms with van der Waals surface area (Å²) >= 11 is 11.9. The molecule has 0 bridgehead atoms. The molecule has 0 aliphatic carbocycles. The molecule has 8 heteroatoms. The van der Waals surface area contributed by atoms with E-state index in [1.165, 1.54) is 24.3 Å². The van der Waals surface area contributed by atoms with Crippen molar-refractivity contribution < 1.29 is 27.8 Å². The summed E-state index contributed by atoms with van der Waals surface area (Å²) in [5.41, 5.74) is 0.898. The Labute approximate surface area is 152 Å². The van der Waals surface area contributed by atoms with Gasteiger partial charge in [-0.1, -0.05) is 35.3 Å². The summed E-state index contributed by atoms with van der Waals surface area (Å²) in [6.45, 7) is 0.374. The second kappa shape index (κ2) is 8.54. The van der Waals surface area contributed by atoms with E-state index in [1.54, 1.807) is 12.1 Å². The molecule has 0 saturated carbocycles. The first-order chi connectivity index (χ1) is 11.7. The molecule has 0 aromatic heterocycles. The number of halogens is 5. The Kier molecular flexibility index (Phi) is 6.67. The quantitative estimate of drug-likeness (QED) is 0.585. The molecular weight excluding hydrogens is 380 g/mol. The molecule has 1 N–H and O–H groups in total. The number of alkyl halides is 3. The molecule has 0 unspecified atom stereocenters. The fraction of sp³-hybridized carbons (Fsp3) is 0.294. The Bertz CT molecular complexity index is 680. The molecule has 0 aliphatic heterocycles. The van der Waals surface area contributed by atoms with Gasteiger partial charge in [0.15, 0.2) is 5.75 Å². The second-order valence-corrected chi connectivity index (χ2v) is 6.05. The lowest BCUT2D eigenvalue weighted by Gasteiger charge is -2.11. The first kappa shape index (κ1) is 19.5.